The molecule has 0 aliphatic carbocycles. The van der Waals surface area contributed by atoms with E-state index < -0.39 is 30.4 Å². The van der Waals surface area contributed by atoms with Crippen LogP contribution in [0.3, 0.4) is 0 Å². The number of aromatic nitrogens is 2. The molecule has 172 valence electrons. The summed E-state index contributed by atoms with van der Waals surface area (Å²) in [5.41, 5.74) is 2.60. The van der Waals surface area contributed by atoms with E-state index in [0.29, 0.717) is 12.2 Å². The van der Waals surface area contributed by atoms with Crippen molar-refractivity contribution in [3.05, 3.63) is 64.0 Å². The number of anilines is 2. The molecule has 1 aromatic carbocycles. The lowest BCUT2D eigenvalue weighted by Crippen LogP contribution is -2.46. The smallest absolute Gasteiger partial charge is 0.311 e. The largest absolute Gasteiger partial charge is 0.455 e. The van der Waals surface area contributed by atoms with Crippen molar-refractivity contribution in [3.63, 3.8) is 0 Å². The van der Waals surface area contributed by atoms with E-state index in [2.05, 4.69) is 10.4 Å². The molecule has 3 aromatic rings. The molecule has 0 saturated carbocycles. The van der Waals surface area contributed by atoms with Crippen molar-refractivity contribution < 1.29 is 19.1 Å². The minimum absolute atomic E-state index is 0.0365. The number of nitrogens with zero attached hydrogens (tertiary/aromatic N) is 3. The van der Waals surface area contributed by atoms with E-state index in [1.807, 2.05) is 55.6 Å². The van der Waals surface area contributed by atoms with E-state index in [-0.39, 0.29) is 12.3 Å². The minimum atomic E-state index is -0.575. The molecule has 0 spiro atoms. The highest BCUT2D eigenvalue weighted by Gasteiger charge is 2.43. The van der Waals surface area contributed by atoms with Gasteiger partial charge in [-0.05, 0) is 43.8 Å². The summed E-state index contributed by atoms with van der Waals surface area (Å²) in [6.07, 6.45) is 0.598. The summed E-state index contributed by atoms with van der Waals surface area (Å²) < 4.78 is 6.96. The maximum atomic E-state index is 13.1. The lowest BCUT2D eigenvalue weighted by molar-refractivity contribution is -0.153. The molecule has 8 nitrogen and oxygen atoms in total. The second-order valence-corrected chi connectivity index (χ2v) is 9.13. The summed E-state index contributed by atoms with van der Waals surface area (Å²) in [5.74, 6) is -1.02. The van der Waals surface area contributed by atoms with Gasteiger partial charge in [0.05, 0.1) is 17.7 Å². The van der Waals surface area contributed by atoms with Crippen LogP contribution >= 0.6 is 11.3 Å². The molecule has 0 bridgehead atoms. The summed E-state index contributed by atoms with van der Waals surface area (Å²) in [6, 6.07) is 12.8. The molecule has 2 aromatic heterocycles. The topological polar surface area (TPSA) is 93.5 Å². The molecule has 1 aliphatic heterocycles. The van der Waals surface area contributed by atoms with Gasteiger partial charge in [-0.25, -0.2) is 0 Å². The zero-order valence-electron chi connectivity index (χ0n) is 18.8. The number of hydrogen-bond donors (Lipinski definition) is 1. The van der Waals surface area contributed by atoms with Crippen LogP contribution in [0.15, 0.2) is 47.8 Å². The molecular formula is C24H26N4O4S. The van der Waals surface area contributed by atoms with Gasteiger partial charge in [-0.2, -0.15) is 5.10 Å². The number of carbonyl (C=O) groups is 3. The lowest BCUT2D eigenvalue weighted by Gasteiger charge is -2.39. The number of benzene rings is 1. The maximum absolute atomic E-state index is 13.1. The molecule has 2 atom stereocenters. The van der Waals surface area contributed by atoms with Crippen LogP contribution in [0.1, 0.15) is 35.0 Å². The van der Waals surface area contributed by atoms with Gasteiger partial charge in [0.2, 0.25) is 5.91 Å². The molecule has 9 heteroatoms. The van der Waals surface area contributed by atoms with Crippen LogP contribution in [0.2, 0.25) is 0 Å². The maximum Gasteiger partial charge on any atom is 0.311 e. The Balaban J connectivity index is 1.51. The van der Waals surface area contributed by atoms with Crippen molar-refractivity contribution in [1.29, 1.82) is 0 Å². The Morgan fingerprint density at radius 1 is 1.21 bits per heavy atom. The first-order valence-electron chi connectivity index (χ1n) is 10.7. The van der Waals surface area contributed by atoms with Gasteiger partial charge in [0.15, 0.2) is 6.61 Å². The Morgan fingerprint density at radius 2 is 1.97 bits per heavy atom. The Labute approximate surface area is 196 Å². The predicted octanol–water partition coefficient (Wildman–Crippen LogP) is 3.76. The molecule has 2 unspecified atom stereocenters. The summed E-state index contributed by atoms with van der Waals surface area (Å²) >= 11 is 1.49. The quantitative estimate of drug-likeness (QED) is 0.558. The summed E-state index contributed by atoms with van der Waals surface area (Å²) in [4.78, 5) is 41.0. The third-order valence-corrected chi connectivity index (χ3v) is 6.60. The van der Waals surface area contributed by atoms with Crippen LogP contribution in [0.4, 0.5) is 11.5 Å². The number of esters is 1. The van der Waals surface area contributed by atoms with Crippen LogP contribution in [0.25, 0.3) is 0 Å². The molecule has 2 amide bonds. The van der Waals surface area contributed by atoms with Crippen LogP contribution in [0.5, 0.6) is 0 Å². The Morgan fingerprint density at radius 3 is 2.61 bits per heavy atom. The SMILES string of the molecule is Cc1ccc(N2C(=O)CCC(C(=O)OCC(=O)Nc3cc(C)nn3C)C2c2cccs2)cc1. The van der Waals surface area contributed by atoms with E-state index in [0.717, 1.165) is 21.8 Å². The molecule has 1 fully saturated rings. The van der Waals surface area contributed by atoms with E-state index >= 15 is 0 Å². The first kappa shape index (κ1) is 22.7. The van der Waals surface area contributed by atoms with Crippen molar-refractivity contribution in [2.75, 3.05) is 16.8 Å². The average Bonchev–Trinajstić information content (AvgIpc) is 3.42. The number of rotatable bonds is 6. The Hall–Kier alpha value is -3.46. The molecule has 0 radical (unpaired) electrons. The third-order valence-electron chi connectivity index (χ3n) is 5.66. The fourth-order valence-electron chi connectivity index (χ4n) is 4.08. The number of carbonyl (C=O) groups excluding carboxylic acids is 3. The monoisotopic (exact) mass is 466 g/mol. The van der Waals surface area contributed by atoms with Gasteiger partial charge in [-0.15, -0.1) is 11.3 Å². The van der Waals surface area contributed by atoms with E-state index in [4.69, 9.17) is 4.74 Å². The zero-order valence-corrected chi connectivity index (χ0v) is 19.6. The molecule has 33 heavy (non-hydrogen) atoms. The van der Waals surface area contributed by atoms with Gasteiger partial charge in [-0.1, -0.05) is 23.8 Å². The predicted molar refractivity (Wildman–Crippen MR) is 126 cm³/mol. The second-order valence-electron chi connectivity index (χ2n) is 8.16. The Bertz CT molecular complexity index is 1150. The van der Waals surface area contributed by atoms with Gasteiger partial charge in [0.25, 0.3) is 5.91 Å². The normalized spacial score (nSPS) is 18.3. The number of piperidine rings is 1. The number of amides is 2. The van der Waals surface area contributed by atoms with Crippen LogP contribution in [-0.4, -0.2) is 34.2 Å². The molecule has 1 saturated heterocycles. The summed E-state index contributed by atoms with van der Waals surface area (Å²) in [6.45, 7) is 3.40. The molecular weight excluding hydrogens is 440 g/mol. The fraction of sp³-hybridized carbons (Fsp3) is 0.333. The highest BCUT2D eigenvalue weighted by molar-refractivity contribution is 7.10. The third kappa shape index (κ3) is 4.98. The van der Waals surface area contributed by atoms with Gasteiger partial charge in [-0.3, -0.25) is 19.1 Å². The van der Waals surface area contributed by atoms with E-state index in [1.165, 1.54) is 11.3 Å². The molecule has 3 heterocycles. The van der Waals surface area contributed by atoms with Gasteiger partial charge in [0, 0.05) is 30.1 Å². The minimum Gasteiger partial charge on any atom is -0.455 e. The molecule has 1 N–H and O–H groups in total. The molecule has 4 rings (SSSR count). The number of thiophene rings is 1. The fourth-order valence-corrected chi connectivity index (χ4v) is 4.96. The van der Waals surface area contributed by atoms with Crippen LogP contribution in [0, 0.1) is 19.8 Å². The van der Waals surface area contributed by atoms with Crippen molar-refractivity contribution in [2.45, 2.75) is 32.7 Å². The lowest BCUT2D eigenvalue weighted by atomic mass is 9.87. The van der Waals surface area contributed by atoms with Gasteiger partial charge >= 0.3 is 5.97 Å². The summed E-state index contributed by atoms with van der Waals surface area (Å²) in [5, 5.41) is 8.80. The van der Waals surface area contributed by atoms with E-state index in [9.17, 15) is 14.4 Å². The number of hydrogen-bond acceptors (Lipinski definition) is 6. The van der Waals surface area contributed by atoms with Crippen molar-refractivity contribution in [3.8, 4) is 0 Å². The van der Waals surface area contributed by atoms with Crippen LogP contribution in [-0.2, 0) is 26.2 Å². The van der Waals surface area contributed by atoms with Gasteiger partial charge < -0.3 is 15.0 Å². The number of ether oxygens (including phenoxy) is 1. The summed E-state index contributed by atoms with van der Waals surface area (Å²) in [7, 11) is 1.72. The average molecular weight is 467 g/mol. The first-order valence-corrected chi connectivity index (χ1v) is 11.6. The van der Waals surface area contributed by atoms with Gasteiger partial charge in [0.1, 0.15) is 5.82 Å². The van der Waals surface area contributed by atoms with Crippen molar-refractivity contribution >= 4 is 40.6 Å². The highest BCUT2D eigenvalue weighted by Crippen LogP contribution is 2.42. The van der Waals surface area contributed by atoms with E-state index in [1.54, 1.807) is 22.7 Å². The Kier molecular flexibility index (Phi) is 6.60. The highest BCUT2D eigenvalue weighted by atomic mass is 32.1. The molecule has 1 aliphatic rings. The number of nitrogens with one attached hydrogen (secondary N) is 1. The van der Waals surface area contributed by atoms with Crippen molar-refractivity contribution in [2.24, 2.45) is 13.0 Å². The zero-order chi connectivity index (χ0) is 23.5. The van der Waals surface area contributed by atoms with Crippen LogP contribution < -0.4 is 10.2 Å². The van der Waals surface area contributed by atoms with Crippen molar-refractivity contribution in [1.82, 2.24) is 9.78 Å². The second kappa shape index (κ2) is 9.58. The number of aryl methyl sites for hydroxylation is 3. The first-order chi connectivity index (χ1) is 15.8. The standard InChI is InChI=1S/C24H26N4O4S/c1-15-6-8-17(9-7-15)28-22(30)11-10-18(23(28)19-5-4-12-33-19)24(31)32-14-21(29)25-20-13-16(2)26-27(20)3/h4-9,12-13,18,23H,10-11,14H2,1-3H3,(H,25,29).